The Labute approximate surface area is 168 Å². The second kappa shape index (κ2) is 7.25. The molecule has 1 aliphatic heterocycles. The lowest BCUT2D eigenvalue weighted by Gasteiger charge is -2.33. The van der Waals surface area contributed by atoms with Gasteiger partial charge in [0, 0.05) is 50.3 Å². The van der Waals surface area contributed by atoms with Gasteiger partial charge in [-0.05, 0) is 55.1 Å². The highest BCUT2D eigenvalue weighted by atomic mass is 19.1. The van der Waals surface area contributed by atoms with Gasteiger partial charge in [-0.25, -0.2) is 13.9 Å². The number of benzene rings is 1. The highest BCUT2D eigenvalue weighted by Crippen LogP contribution is 2.35. The summed E-state index contributed by atoms with van der Waals surface area (Å²) < 4.78 is 15.3. The number of hydrogen-bond donors (Lipinski definition) is 0. The summed E-state index contributed by atoms with van der Waals surface area (Å²) in [6.07, 6.45) is 5.48. The van der Waals surface area contributed by atoms with Crippen molar-refractivity contribution in [1.29, 1.82) is 0 Å². The molecular formula is C22H21FN6. The van der Waals surface area contributed by atoms with Gasteiger partial charge in [0.15, 0.2) is 5.65 Å². The minimum absolute atomic E-state index is 0.265. The van der Waals surface area contributed by atoms with E-state index in [2.05, 4.69) is 21.8 Å². The van der Waals surface area contributed by atoms with E-state index in [1.54, 1.807) is 29.0 Å². The fourth-order valence-corrected chi connectivity index (χ4v) is 3.73. The summed E-state index contributed by atoms with van der Waals surface area (Å²) in [7, 11) is 2.14. The predicted octanol–water partition coefficient (Wildman–Crippen LogP) is 3.35. The predicted molar refractivity (Wildman–Crippen MR) is 111 cm³/mol. The number of halogens is 1. The molecule has 0 spiro atoms. The second-order valence-electron chi connectivity index (χ2n) is 7.31. The van der Waals surface area contributed by atoms with Crippen LogP contribution in [0.2, 0.25) is 0 Å². The second-order valence-corrected chi connectivity index (χ2v) is 7.31. The maximum atomic E-state index is 13.5. The fraction of sp³-hybridized carbons (Fsp3) is 0.227. The Bertz CT molecular complexity index is 1130. The summed E-state index contributed by atoms with van der Waals surface area (Å²) in [5.74, 6) is 0.685. The van der Waals surface area contributed by atoms with Crippen molar-refractivity contribution in [2.75, 3.05) is 38.1 Å². The minimum Gasteiger partial charge on any atom is -0.354 e. The average molecular weight is 387 g/mol. The molecule has 0 N–H and O–H groups in total. The first-order valence-corrected chi connectivity index (χ1v) is 9.68. The van der Waals surface area contributed by atoms with Crippen LogP contribution in [0.3, 0.4) is 0 Å². The van der Waals surface area contributed by atoms with E-state index in [4.69, 9.17) is 10.1 Å². The molecule has 1 saturated heterocycles. The Morgan fingerprint density at radius 3 is 2.31 bits per heavy atom. The molecule has 1 aromatic carbocycles. The molecule has 1 aliphatic rings. The van der Waals surface area contributed by atoms with Crippen LogP contribution in [0.25, 0.3) is 28.0 Å². The summed E-state index contributed by atoms with van der Waals surface area (Å²) in [5, 5.41) is 4.77. The van der Waals surface area contributed by atoms with Crippen LogP contribution in [0, 0.1) is 5.82 Å². The van der Waals surface area contributed by atoms with Gasteiger partial charge < -0.3 is 9.80 Å². The van der Waals surface area contributed by atoms with E-state index >= 15 is 0 Å². The van der Waals surface area contributed by atoms with Crippen molar-refractivity contribution in [3.8, 4) is 22.4 Å². The lowest BCUT2D eigenvalue weighted by atomic mass is 10.0. The number of rotatable bonds is 3. The zero-order chi connectivity index (χ0) is 19.8. The van der Waals surface area contributed by atoms with Crippen LogP contribution < -0.4 is 4.90 Å². The smallest absolute Gasteiger partial charge is 0.165 e. The number of likely N-dealkylation sites (N-methyl/N-ethyl adjacent to an activating group) is 1. The Morgan fingerprint density at radius 1 is 0.862 bits per heavy atom. The Hall–Kier alpha value is -3.32. The molecule has 3 aromatic heterocycles. The summed E-state index contributed by atoms with van der Waals surface area (Å²) >= 11 is 0. The largest absolute Gasteiger partial charge is 0.354 e. The van der Waals surface area contributed by atoms with Crippen molar-refractivity contribution < 1.29 is 4.39 Å². The molecule has 0 saturated carbocycles. The molecule has 1 fully saturated rings. The number of piperazine rings is 1. The Balaban J connectivity index is 1.68. The molecular weight excluding hydrogens is 366 g/mol. The van der Waals surface area contributed by atoms with Gasteiger partial charge in [0.05, 0.1) is 5.56 Å². The van der Waals surface area contributed by atoms with Crippen LogP contribution in [0.15, 0.2) is 61.1 Å². The zero-order valence-corrected chi connectivity index (χ0v) is 16.2. The third-order valence-corrected chi connectivity index (χ3v) is 5.38. The first-order valence-electron chi connectivity index (χ1n) is 9.68. The first-order chi connectivity index (χ1) is 14.2. The van der Waals surface area contributed by atoms with Crippen LogP contribution in [0.5, 0.6) is 0 Å². The van der Waals surface area contributed by atoms with Crippen LogP contribution in [-0.4, -0.2) is 57.7 Å². The van der Waals surface area contributed by atoms with Gasteiger partial charge in [0.2, 0.25) is 0 Å². The van der Waals surface area contributed by atoms with Gasteiger partial charge in [-0.15, -0.1) is 0 Å². The van der Waals surface area contributed by atoms with E-state index < -0.39 is 0 Å². The van der Waals surface area contributed by atoms with Crippen molar-refractivity contribution in [1.82, 2.24) is 24.5 Å². The van der Waals surface area contributed by atoms with Crippen molar-refractivity contribution in [3.05, 3.63) is 66.9 Å². The maximum absolute atomic E-state index is 13.5. The van der Waals surface area contributed by atoms with Crippen molar-refractivity contribution >= 4 is 11.5 Å². The monoisotopic (exact) mass is 387 g/mol. The third kappa shape index (κ3) is 3.34. The summed E-state index contributed by atoms with van der Waals surface area (Å²) in [6, 6.07) is 12.3. The molecule has 0 atom stereocenters. The third-order valence-electron chi connectivity index (χ3n) is 5.38. The van der Waals surface area contributed by atoms with E-state index in [0.717, 1.165) is 60.0 Å². The molecule has 0 unspecified atom stereocenters. The molecule has 0 aliphatic carbocycles. The van der Waals surface area contributed by atoms with Gasteiger partial charge in [0.1, 0.15) is 17.3 Å². The summed E-state index contributed by atoms with van der Waals surface area (Å²) in [5.41, 5.74) is 4.32. The van der Waals surface area contributed by atoms with Crippen LogP contribution in [-0.2, 0) is 0 Å². The minimum atomic E-state index is -0.265. The van der Waals surface area contributed by atoms with Gasteiger partial charge in [0.25, 0.3) is 0 Å². The van der Waals surface area contributed by atoms with E-state index in [0.29, 0.717) is 0 Å². The molecule has 0 amide bonds. The summed E-state index contributed by atoms with van der Waals surface area (Å²) in [6.45, 7) is 3.93. The number of nitrogens with zero attached hydrogens (tertiary/aromatic N) is 6. The van der Waals surface area contributed by atoms with Crippen molar-refractivity contribution in [2.45, 2.75) is 0 Å². The van der Waals surface area contributed by atoms with Crippen molar-refractivity contribution in [2.24, 2.45) is 0 Å². The Morgan fingerprint density at radius 2 is 1.59 bits per heavy atom. The quantitative estimate of drug-likeness (QED) is 0.540. The average Bonchev–Trinajstić information content (AvgIpc) is 3.14. The van der Waals surface area contributed by atoms with E-state index in [1.165, 1.54) is 12.1 Å². The maximum Gasteiger partial charge on any atom is 0.165 e. The number of aromatic nitrogens is 4. The van der Waals surface area contributed by atoms with Gasteiger partial charge >= 0.3 is 0 Å². The van der Waals surface area contributed by atoms with Crippen molar-refractivity contribution in [3.63, 3.8) is 0 Å². The van der Waals surface area contributed by atoms with Gasteiger partial charge in [-0.1, -0.05) is 0 Å². The molecule has 146 valence electrons. The molecule has 7 heteroatoms. The lowest BCUT2D eigenvalue weighted by molar-refractivity contribution is 0.312. The van der Waals surface area contributed by atoms with Crippen LogP contribution >= 0.6 is 0 Å². The molecule has 5 rings (SSSR count). The van der Waals surface area contributed by atoms with E-state index in [1.807, 2.05) is 24.4 Å². The molecule has 0 radical (unpaired) electrons. The van der Waals surface area contributed by atoms with Crippen LogP contribution in [0.1, 0.15) is 0 Å². The highest BCUT2D eigenvalue weighted by Gasteiger charge is 2.20. The SMILES string of the molecule is [11CH3]N1CCN(c2ccn3nc(-c4ccc(F)cc4)c(-c4ccncc4)c3n2)CC1. The number of anilines is 1. The summed E-state index contributed by atoms with van der Waals surface area (Å²) in [4.78, 5) is 13.7. The normalized spacial score (nSPS) is 15.2. The molecule has 0 bridgehead atoms. The number of hydrogen-bond acceptors (Lipinski definition) is 5. The zero-order valence-electron chi connectivity index (χ0n) is 16.2. The van der Waals surface area contributed by atoms with Gasteiger partial charge in [-0.3, -0.25) is 4.98 Å². The van der Waals surface area contributed by atoms with E-state index in [9.17, 15) is 4.39 Å². The topological polar surface area (TPSA) is 49.6 Å². The standard InChI is InChI=1S/C22H21FN6/c1-27-12-14-28(15-13-27)19-8-11-29-22(25-19)20(16-6-9-24-10-7-16)21(26-29)17-2-4-18(23)5-3-17/h2-11H,12-15H2,1H3/i1-1. The van der Waals surface area contributed by atoms with E-state index in [-0.39, 0.29) is 5.82 Å². The van der Waals surface area contributed by atoms with Gasteiger partial charge in [-0.2, -0.15) is 5.10 Å². The van der Waals surface area contributed by atoms with Crippen LogP contribution in [0.4, 0.5) is 10.2 Å². The first kappa shape index (κ1) is 17.8. The number of pyridine rings is 1. The molecule has 4 aromatic rings. The molecule has 6 nitrogen and oxygen atoms in total. The molecule has 4 heterocycles. The fourth-order valence-electron chi connectivity index (χ4n) is 3.73. The lowest BCUT2D eigenvalue weighted by Crippen LogP contribution is -2.44. The highest BCUT2D eigenvalue weighted by molar-refractivity contribution is 5.90. The molecule has 29 heavy (non-hydrogen) atoms. The number of fused-ring (bicyclic) bond motifs is 1. The Kier molecular flexibility index (Phi) is 4.44.